The summed E-state index contributed by atoms with van der Waals surface area (Å²) in [5, 5.41) is 11.6. The van der Waals surface area contributed by atoms with Crippen molar-refractivity contribution in [1.82, 2.24) is 5.32 Å². The number of carboxylic acid groups (broad SMARTS) is 1. The molecule has 3 atom stereocenters. The number of carbonyl (C=O) groups excluding carboxylic acids is 1. The fourth-order valence-corrected chi connectivity index (χ4v) is 2.71. The van der Waals surface area contributed by atoms with Crippen molar-refractivity contribution in [3.05, 3.63) is 29.8 Å². The Morgan fingerprint density at radius 2 is 1.92 bits per heavy atom. The number of ether oxygens (including phenoxy) is 1. The van der Waals surface area contributed by atoms with Gasteiger partial charge in [0, 0.05) is 0 Å². The lowest BCUT2D eigenvalue weighted by atomic mass is 9.73. The molecule has 3 unspecified atom stereocenters. The predicted molar refractivity (Wildman–Crippen MR) is 83.0 cm³/mol. The average Bonchev–Trinajstić information content (AvgIpc) is 2.49. The molecule has 1 aliphatic carbocycles. The van der Waals surface area contributed by atoms with Gasteiger partial charge in [0.05, 0.1) is 23.9 Å². The van der Waals surface area contributed by atoms with Gasteiger partial charge in [-0.25, -0.2) is 0 Å². The van der Waals surface area contributed by atoms with Crippen molar-refractivity contribution in [3.63, 3.8) is 0 Å². The summed E-state index contributed by atoms with van der Waals surface area (Å²) >= 11 is 0. The molecule has 0 aromatic heterocycles. The molecule has 0 saturated heterocycles. The monoisotopic (exact) mass is 359 g/mol. The van der Waals surface area contributed by atoms with Crippen LogP contribution in [0.4, 0.5) is 13.2 Å². The number of nitrogens with one attached hydrogen (secondary N) is 1. The lowest BCUT2D eigenvalue weighted by Gasteiger charge is -2.32. The van der Waals surface area contributed by atoms with Gasteiger partial charge in [-0.05, 0) is 31.4 Å². The molecule has 0 aliphatic heterocycles. The maximum Gasteiger partial charge on any atom is 0.419 e. The van der Waals surface area contributed by atoms with E-state index in [2.05, 4.69) is 5.32 Å². The topological polar surface area (TPSA) is 75.6 Å². The molecule has 1 fully saturated rings. The molecular formula is C17H20F3NO4. The first-order valence-corrected chi connectivity index (χ1v) is 8.07. The van der Waals surface area contributed by atoms with Crippen molar-refractivity contribution in [2.75, 3.05) is 6.54 Å². The minimum Gasteiger partial charge on any atom is -0.488 e. The highest BCUT2D eigenvalue weighted by molar-refractivity contribution is 5.86. The van der Waals surface area contributed by atoms with Crippen LogP contribution < -0.4 is 10.1 Å². The molecule has 2 N–H and O–H groups in total. The molecule has 0 bridgehead atoms. The Morgan fingerprint density at radius 1 is 1.28 bits per heavy atom. The van der Waals surface area contributed by atoms with Crippen LogP contribution >= 0.6 is 0 Å². The Kier molecular flexibility index (Phi) is 5.92. The van der Waals surface area contributed by atoms with Crippen molar-refractivity contribution < 1.29 is 32.6 Å². The molecule has 0 radical (unpaired) electrons. The van der Waals surface area contributed by atoms with Crippen LogP contribution in [0.2, 0.25) is 0 Å². The molecule has 1 amide bonds. The van der Waals surface area contributed by atoms with Crippen LogP contribution in [0, 0.1) is 11.8 Å². The molecule has 8 heteroatoms. The summed E-state index contributed by atoms with van der Waals surface area (Å²) in [6.45, 7) is 1.75. The zero-order valence-electron chi connectivity index (χ0n) is 13.7. The van der Waals surface area contributed by atoms with E-state index in [0.717, 1.165) is 6.07 Å². The number of rotatable bonds is 7. The predicted octanol–water partition coefficient (Wildman–Crippen LogP) is 3.09. The summed E-state index contributed by atoms with van der Waals surface area (Å²) in [6, 6.07) is 4.90. The van der Waals surface area contributed by atoms with E-state index in [1.165, 1.54) is 18.2 Å². The molecule has 1 aromatic rings. The van der Waals surface area contributed by atoms with Crippen LogP contribution in [-0.4, -0.2) is 29.6 Å². The zero-order valence-corrected chi connectivity index (χ0v) is 13.7. The Balaban J connectivity index is 1.96. The van der Waals surface area contributed by atoms with Gasteiger partial charge in [-0.15, -0.1) is 0 Å². The first kappa shape index (κ1) is 19.1. The number of benzene rings is 1. The van der Waals surface area contributed by atoms with Gasteiger partial charge in [-0.2, -0.15) is 13.2 Å². The lowest BCUT2D eigenvalue weighted by molar-refractivity contribution is -0.152. The van der Waals surface area contributed by atoms with Crippen molar-refractivity contribution >= 4 is 11.9 Å². The molecule has 0 heterocycles. The van der Waals surface area contributed by atoms with Crippen molar-refractivity contribution in [3.8, 4) is 5.75 Å². The van der Waals surface area contributed by atoms with E-state index in [4.69, 9.17) is 9.84 Å². The van der Waals surface area contributed by atoms with Gasteiger partial charge in [-0.1, -0.05) is 19.1 Å². The van der Waals surface area contributed by atoms with Crippen LogP contribution in [0.1, 0.15) is 31.7 Å². The standard InChI is InChI=1S/C17H20F3NO4/c1-2-10(9-21-15(22)11-7-8-12(11)16(23)24)25-14-6-4-3-5-13(14)17(18,19)20/h3-6,10-12H,2,7-9H2,1H3,(H,21,22)(H,23,24). The van der Waals surface area contributed by atoms with E-state index in [0.29, 0.717) is 19.3 Å². The number of alkyl halides is 3. The maximum absolute atomic E-state index is 13.0. The minimum absolute atomic E-state index is 0.0182. The SMILES string of the molecule is CCC(CNC(=O)C1CCC1C(=O)O)Oc1ccccc1C(F)(F)F. The minimum atomic E-state index is -4.53. The Hall–Kier alpha value is -2.25. The summed E-state index contributed by atoms with van der Waals surface area (Å²) in [5.41, 5.74) is -0.871. The van der Waals surface area contributed by atoms with E-state index in [1.807, 2.05) is 0 Å². The summed E-state index contributed by atoms with van der Waals surface area (Å²) < 4.78 is 44.4. The summed E-state index contributed by atoms with van der Waals surface area (Å²) in [7, 11) is 0. The highest BCUT2D eigenvalue weighted by Gasteiger charge is 2.41. The molecule has 1 aromatic carbocycles. The zero-order chi connectivity index (χ0) is 18.6. The second kappa shape index (κ2) is 7.76. The van der Waals surface area contributed by atoms with Gasteiger partial charge in [0.15, 0.2) is 0 Å². The lowest BCUT2D eigenvalue weighted by Crippen LogP contribution is -2.46. The van der Waals surface area contributed by atoms with Crippen LogP contribution in [-0.2, 0) is 15.8 Å². The van der Waals surface area contributed by atoms with Crippen molar-refractivity contribution in [1.29, 1.82) is 0 Å². The smallest absolute Gasteiger partial charge is 0.419 e. The third-order valence-corrected chi connectivity index (χ3v) is 4.37. The van der Waals surface area contributed by atoms with Gasteiger partial charge in [0.25, 0.3) is 0 Å². The van der Waals surface area contributed by atoms with Crippen LogP contribution in [0.15, 0.2) is 24.3 Å². The second-order valence-corrected chi connectivity index (χ2v) is 6.02. The fraction of sp³-hybridized carbons (Fsp3) is 0.529. The van der Waals surface area contributed by atoms with E-state index >= 15 is 0 Å². The number of carbonyl (C=O) groups is 2. The summed E-state index contributed by atoms with van der Waals surface area (Å²) in [6.07, 6.45) is -3.83. The first-order valence-electron chi connectivity index (χ1n) is 8.07. The molecule has 1 saturated carbocycles. The normalized spacial score (nSPS) is 21.1. The Morgan fingerprint density at radius 3 is 2.44 bits per heavy atom. The molecule has 1 aliphatic rings. The third-order valence-electron chi connectivity index (χ3n) is 4.37. The second-order valence-electron chi connectivity index (χ2n) is 6.02. The summed E-state index contributed by atoms with van der Waals surface area (Å²) in [4.78, 5) is 23.0. The van der Waals surface area contributed by atoms with E-state index < -0.39 is 41.6 Å². The largest absolute Gasteiger partial charge is 0.488 e. The van der Waals surface area contributed by atoms with Gasteiger partial charge >= 0.3 is 12.1 Å². The van der Waals surface area contributed by atoms with Gasteiger partial charge in [0.2, 0.25) is 5.91 Å². The molecule has 5 nitrogen and oxygen atoms in total. The van der Waals surface area contributed by atoms with Crippen molar-refractivity contribution in [2.24, 2.45) is 11.8 Å². The Labute approximate surface area is 143 Å². The Bertz CT molecular complexity index is 633. The fourth-order valence-electron chi connectivity index (χ4n) is 2.71. The molecule has 138 valence electrons. The highest BCUT2D eigenvalue weighted by Crippen LogP contribution is 2.37. The molecular weight excluding hydrogens is 339 g/mol. The quantitative estimate of drug-likeness (QED) is 0.784. The van der Waals surface area contributed by atoms with E-state index in [-0.39, 0.29) is 12.3 Å². The van der Waals surface area contributed by atoms with Gasteiger partial charge in [0.1, 0.15) is 11.9 Å². The van der Waals surface area contributed by atoms with E-state index in [9.17, 15) is 22.8 Å². The van der Waals surface area contributed by atoms with E-state index in [1.54, 1.807) is 6.92 Å². The number of hydrogen-bond donors (Lipinski definition) is 2. The number of carboxylic acids is 1. The average molecular weight is 359 g/mol. The number of halogens is 3. The number of aliphatic carboxylic acids is 1. The molecule has 2 rings (SSSR count). The summed E-state index contributed by atoms with van der Waals surface area (Å²) in [5.74, 6) is -2.97. The number of para-hydroxylation sites is 1. The van der Waals surface area contributed by atoms with Crippen LogP contribution in [0.3, 0.4) is 0 Å². The molecule has 0 spiro atoms. The third kappa shape index (κ3) is 4.64. The number of amides is 1. The van der Waals surface area contributed by atoms with Crippen LogP contribution in [0.25, 0.3) is 0 Å². The highest BCUT2D eigenvalue weighted by atomic mass is 19.4. The maximum atomic E-state index is 13.0. The first-order chi connectivity index (χ1) is 11.7. The van der Waals surface area contributed by atoms with Crippen LogP contribution in [0.5, 0.6) is 5.75 Å². The van der Waals surface area contributed by atoms with Gasteiger partial charge in [-0.3, -0.25) is 9.59 Å². The van der Waals surface area contributed by atoms with Crippen molar-refractivity contribution in [2.45, 2.75) is 38.5 Å². The number of hydrogen-bond acceptors (Lipinski definition) is 3. The van der Waals surface area contributed by atoms with Gasteiger partial charge < -0.3 is 15.2 Å². The molecule has 25 heavy (non-hydrogen) atoms.